The van der Waals surface area contributed by atoms with E-state index in [-0.39, 0.29) is 5.75 Å². The molecule has 0 fully saturated rings. The summed E-state index contributed by atoms with van der Waals surface area (Å²) in [6.45, 7) is 0. The molecule has 0 saturated heterocycles. The van der Waals surface area contributed by atoms with E-state index < -0.39 is 0 Å². The number of nitrogens with one attached hydrogen (secondary N) is 1. The van der Waals surface area contributed by atoms with E-state index >= 15 is 0 Å². The lowest BCUT2D eigenvalue weighted by molar-refractivity contribution is 0.475. The number of pyridine rings is 2. The van der Waals surface area contributed by atoms with Crippen LogP contribution in [0, 0.1) is 11.3 Å². The van der Waals surface area contributed by atoms with Crippen molar-refractivity contribution in [2.75, 3.05) is 0 Å². The second-order valence-electron chi connectivity index (χ2n) is 5.24. The fraction of sp³-hybridized carbons (Fsp3) is 0. The molecule has 0 spiro atoms. The Hall–Kier alpha value is -3.72. The van der Waals surface area contributed by atoms with Crippen molar-refractivity contribution in [1.29, 1.82) is 5.26 Å². The van der Waals surface area contributed by atoms with Crippen LogP contribution in [-0.2, 0) is 0 Å². The van der Waals surface area contributed by atoms with Gasteiger partial charge in [-0.1, -0.05) is 6.07 Å². The molecule has 0 unspecified atom stereocenters. The summed E-state index contributed by atoms with van der Waals surface area (Å²) < 4.78 is 0. The zero-order valence-corrected chi connectivity index (χ0v) is 12.4. The van der Waals surface area contributed by atoms with Gasteiger partial charge in [-0.15, -0.1) is 0 Å². The molecule has 0 radical (unpaired) electrons. The lowest BCUT2D eigenvalue weighted by Gasteiger charge is -2.10. The lowest BCUT2D eigenvalue weighted by atomic mass is 9.95. The van der Waals surface area contributed by atoms with E-state index in [0.717, 1.165) is 22.1 Å². The van der Waals surface area contributed by atoms with Crippen molar-refractivity contribution < 1.29 is 5.11 Å². The summed E-state index contributed by atoms with van der Waals surface area (Å²) in [4.78, 5) is 8.70. The van der Waals surface area contributed by atoms with E-state index in [2.05, 4.69) is 26.2 Å². The number of aromatic amines is 1. The number of nitriles is 1. The molecule has 0 aliphatic rings. The predicted octanol–water partition coefficient (Wildman–Crippen LogP) is 3.26. The van der Waals surface area contributed by atoms with Gasteiger partial charge in [-0.05, 0) is 30.3 Å². The van der Waals surface area contributed by atoms with Crippen LogP contribution < -0.4 is 0 Å². The Morgan fingerprint density at radius 1 is 1.04 bits per heavy atom. The quantitative estimate of drug-likeness (QED) is 0.592. The molecular formula is C18H11N5O. The van der Waals surface area contributed by atoms with Crippen molar-refractivity contribution in [1.82, 2.24) is 20.2 Å². The monoisotopic (exact) mass is 313 g/mol. The maximum Gasteiger partial charge on any atom is 0.156 e. The first-order chi connectivity index (χ1) is 11.8. The fourth-order valence-electron chi connectivity index (χ4n) is 2.72. The van der Waals surface area contributed by atoms with Gasteiger partial charge in [0, 0.05) is 34.5 Å². The topological polar surface area (TPSA) is 98.5 Å². The number of fused-ring (bicyclic) bond motifs is 1. The van der Waals surface area contributed by atoms with Crippen LogP contribution >= 0.6 is 0 Å². The maximum absolute atomic E-state index is 9.78. The van der Waals surface area contributed by atoms with Crippen LogP contribution in [0.1, 0.15) is 5.56 Å². The standard InChI is InChI=1S/C18H11N5O/c19-8-14-16(12-2-1-7-20-9-12)15-10-21-23-18(15)22-17(14)11-3-5-13(24)6-4-11/h1-7,9-10,24H,(H,21,22,23). The molecule has 6 heteroatoms. The van der Waals surface area contributed by atoms with Crippen molar-refractivity contribution >= 4 is 11.0 Å². The van der Waals surface area contributed by atoms with Gasteiger partial charge in [-0.3, -0.25) is 10.1 Å². The molecule has 3 aromatic heterocycles. The van der Waals surface area contributed by atoms with Crippen molar-refractivity contribution in [3.63, 3.8) is 0 Å². The molecule has 1 aromatic carbocycles. The molecular weight excluding hydrogens is 302 g/mol. The second kappa shape index (κ2) is 5.48. The molecule has 0 amide bonds. The minimum atomic E-state index is 0.160. The number of aromatic hydroxyl groups is 1. The van der Waals surface area contributed by atoms with Gasteiger partial charge in [0.15, 0.2) is 5.65 Å². The van der Waals surface area contributed by atoms with Crippen LogP contribution in [0.3, 0.4) is 0 Å². The SMILES string of the molecule is N#Cc1c(-c2ccc(O)cc2)nc2[nH]ncc2c1-c1cccnc1. The summed E-state index contributed by atoms with van der Waals surface area (Å²) in [6.07, 6.45) is 5.06. The zero-order valence-electron chi connectivity index (χ0n) is 12.4. The van der Waals surface area contributed by atoms with Gasteiger partial charge in [-0.2, -0.15) is 10.4 Å². The van der Waals surface area contributed by atoms with E-state index in [1.165, 1.54) is 0 Å². The van der Waals surface area contributed by atoms with Gasteiger partial charge in [-0.25, -0.2) is 4.98 Å². The Morgan fingerprint density at radius 3 is 2.58 bits per heavy atom. The first-order valence-corrected chi connectivity index (χ1v) is 7.25. The highest BCUT2D eigenvalue weighted by molar-refractivity contribution is 5.98. The minimum Gasteiger partial charge on any atom is -0.508 e. The molecule has 4 aromatic rings. The molecule has 24 heavy (non-hydrogen) atoms. The van der Waals surface area contributed by atoms with Crippen LogP contribution in [0.25, 0.3) is 33.4 Å². The summed E-state index contributed by atoms with van der Waals surface area (Å²) in [7, 11) is 0. The number of hydrogen-bond donors (Lipinski definition) is 2. The van der Waals surface area contributed by atoms with Crippen molar-refractivity contribution in [2.45, 2.75) is 0 Å². The van der Waals surface area contributed by atoms with Crippen LogP contribution in [0.5, 0.6) is 5.75 Å². The molecule has 0 bridgehead atoms. The van der Waals surface area contributed by atoms with E-state index in [1.54, 1.807) is 42.9 Å². The van der Waals surface area contributed by atoms with Gasteiger partial charge in [0.05, 0.1) is 17.5 Å². The van der Waals surface area contributed by atoms with Crippen LogP contribution in [0.15, 0.2) is 55.0 Å². The first-order valence-electron chi connectivity index (χ1n) is 7.25. The summed E-state index contributed by atoms with van der Waals surface area (Å²) in [5.74, 6) is 0.160. The Labute approximate surface area is 137 Å². The maximum atomic E-state index is 9.78. The highest BCUT2D eigenvalue weighted by Crippen LogP contribution is 2.35. The Morgan fingerprint density at radius 2 is 1.88 bits per heavy atom. The molecule has 3 heterocycles. The van der Waals surface area contributed by atoms with Gasteiger partial charge in [0.1, 0.15) is 11.8 Å². The Bertz CT molecular complexity index is 1060. The fourth-order valence-corrected chi connectivity index (χ4v) is 2.72. The Kier molecular flexibility index (Phi) is 3.18. The summed E-state index contributed by atoms with van der Waals surface area (Å²) in [5.41, 5.74) is 3.88. The number of H-pyrrole nitrogens is 1. The first kappa shape index (κ1) is 13.9. The number of phenols is 1. The number of nitrogens with zero attached hydrogens (tertiary/aromatic N) is 4. The summed E-state index contributed by atoms with van der Waals surface area (Å²) in [5, 5.41) is 27.0. The third-order valence-electron chi connectivity index (χ3n) is 3.80. The largest absolute Gasteiger partial charge is 0.508 e. The highest BCUT2D eigenvalue weighted by Gasteiger charge is 2.19. The molecule has 4 rings (SSSR count). The van der Waals surface area contributed by atoms with E-state index in [0.29, 0.717) is 16.9 Å². The average Bonchev–Trinajstić information content (AvgIpc) is 3.09. The molecule has 6 nitrogen and oxygen atoms in total. The van der Waals surface area contributed by atoms with Crippen LogP contribution in [0.2, 0.25) is 0 Å². The second-order valence-corrected chi connectivity index (χ2v) is 5.24. The Balaban J connectivity index is 2.09. The lowest BCUT2D eigenvalue weighted by Crippen LogP contribution is -1.95. The molecule has 0 aliphatic carbocycles. The third-order valence-corrected chi connectivity index (χ3v) is 3.80. The number of benzene rings is 1. The van der Waals surface area contributed by atoms with E-state index in [9.17, 15) is 10.4 Å². The van der Waals surface area contributed by atoms with Crippen LogP contribution in [-0.4, -0.2) is 25.3 Å². The van der Waals surface area contributed by atoms with Gasteiger partial charge >= 0.3 is 0 Å². The van der Waals surface area contributed by atoms with Gasteiger partial charge < -0.3 is 5.11 Å². The molecule has 0 aliphatic heterocycles. The predicted molar refractivity (Wildman–Crippen MR) is 88.9 cm³/mol. The highest BCUT2D eigenvalue weighted by atomic mass is 16.3. The number of rotatable bonds is 2. The van der Waals surface area contributed by atoms with Crippen LogP contribution in [0.4, 0.5) is 0 Å². The smallest absolute Gasteiger partial charge is 0.156 e. The number of phenolic OH excluding ortho intramolecular Hbond substituents is 1. The number of aromatic nitrogens is 4. The molecule has 0 atom stereocenters. The summed E-state index contributed by atoms with van der Waals surface area (Å²) in [6, 6.07) is 12.6. The van der Waals surface area contributed by atoms with Crippen molar-refractivity contribution in [3.8, 4) is 34.2 Å². The molecule has 0 saturated carbocycles. The van der Waals surface area contributed by atoms with E-state index in [1.807, 2.05) is 12.1 Å². The van der Waals surface area contributed by atoms with E-state index in [4.69, 9.17) is 0 Å². The number of hydrogen-bond acceptors (Lipinski definition) is 5. The van der Waals surface area contributed by atoms with Crippen molar-refractivity contribution in [3.05, 3.63) is 60.6 Å². The molecule has 2 N–H and O–H groups in total. The van der Waals surface area contributed by atoms with Gasteiger partial charge in [0.2, 0.25) is 0 Å². The average molecular weight is 313 g/mol. The van der Waals surface area contributed by atoms with Gasteiger partial charge in [0.25, 0.3) is 0 Å². The molecule has 114 valence electrons. The van der Waals surface area contributed by atoms with Crippen molar-refractivity contribution in [2.24, 2.45) is 0 Å². The normalized spacial score (nSPS) is 10.6. The summed E-state index contributed by atoms with van der Waals surface area (Å²) >= 11 is 0. The minimum absolute atomic E-state index is 0.160. The third kappa shape index (κ3) is 2.16. The zero-order chi connectivity index (χ0) is 16.5.